The van der Waals surface area contributed by atoms with Crippen LogP contribution in [-0.4, -0.2) is 27.8 Å². The van der Waals surface area contributed by atoms with Gasteiger partial charge in [-0.15, -0.1) is 0 Å². The van der Waals surface area contributed by atoms with Gasteiger partial charge in [0.05, 0.1) is 6.61 Å². The first kappa shape index (κ1) is 15.8. The third kappa shape index (κ3) is 4.44. The number of rotatable bonds is 5. The van der Waals surface area contributed by atoms with Crippen LogP contribution in [0.4, 0.5) is 0 Å². The highest BCUT2D eigenvalue weighted by atomic mass is 35.5. The zero-order valence-corrected chi connectivity index (χ0v) is 13.3. The van der Waals surface area contributed by atoms with Crippen LogP contribution in [0.1, 0.15) is 13.8 Å². The molecule has 0 spiro atoms. The van der Waals surface area contributed by atoms with Gasteiger partial charge in [-0.3, -0.25) is 4.79 Å². The molecule has 0 aliphatic carbocycles. The van der Waals surface area contributed by atoms with E-state index in [9.17, 15) is 4.79 Å². The Labute approximate surface area is 132 Å². The van der Waals surface area contributed by atoms with Crippen molar-refractivity contribution in [2.45, 2.75) is 24.3 Å². The molecule has 0 aliphatic rings. The molecule has 0 saturated heterocycles. The number of hydrogen-bond donors (Lipinski definition) is 0. The van der Waals surface area contributed by atoms with E-state index in [1.807, 2.05) is 24.3 Å². The van der Waals surface area contributed by atoms with Crippen LogP contribution < -0.4 is 0 Å². The Kier molecular flexibility index (Phi) is 5.59. The zero-order valence-electron chi connectivity index (χ0n) is 11.7. The molecule has 1 aromatic heterocycles. The van der Waals surface area contributed by atoms with Gasteiger partial charge in [0.25, 0.3) is 0 Å². The number of aromatic nitrogens is 2. The molecule has 0 radical (unpaired) electrons. The van der Waals surface area contributed by atoms with Crippen LogP contribution in [-0.2, 0) is 9.53 Å². The Morgan fingerprint density at radius 2 is 2.05 bits per heavy atom. The average molecular weight is 323 g/mol. The lowest BCUT2D eigenvalue weighted by molar-refractivity contribution is -0.142. The maximum atomic E-state index is 11.6. The maximum Gasteiger partial charge on any atom is 0.319 e. The Hall–Kier alpha value is -1.59. The standard InChI is InChI=1S/C15H15ClN2O2S/c1-3-20-14(19)10(2)21-15-17-8-12(9-18-15)11-5-4-6-13(16)7-11/h4-10H,3H2,1-2H3/t10-/m0/s1. The molecule has 0 amide bonds. The Morgan fingerprint density at radius 1 is 1.33 bits per heavy atom. The smallest absolute Gasteiger partial charge is 0.319 e. The average Bonchev–Trinajstić information content (AvgIpc) is 2.48. The molecule has 2 rings (SSSR count). The molecule has 110 valence electrons. The van der Waals surface area contributed by atoms with Crippen LogP contribution in [0.25, 0.3) is 11.1 Å². The Bertz CT molecular complexity index is 619. The number of hydrogen-bond acceptors (Lipinski definition) is 5. The van der Waals surface area contributed by atoms with Gasteiger partial charge < -0.3 is 4.74 Å². The summed E-state index contributed by atoms with van der Waals surface area (Å²) in [5.41, 5.74) is 1.84. The normalized spacial score (nSPS) is 12.0. The predicted octanol–water partition coefficient (Wildman–Crippen LogP) is 3.84. The lowest BCUT2D eigenvalue weighted by atomic mass is 10.1. The van der Waals surface area contributed by atoms with Crippen LogP contribution in [0.2, 0.25) is 5.02 Å². The second-order valence-electron chi connectivity index (χ2n) is 4.28. The van der Waals surface area contributed by atoms with Crippen molar-refractivity contribution in [3.05, 3.63) is 41.7 Å². The van der Waals surface area contributed by atoms with E-state index in [-0.39, 0.29) is 11.2 Å². The van der Waals surface area contributed by atoms with Crippen LogP contribution in [0.15, 0.2) is 41.8 Å². The maximum absolute atomic E-state index is 11.6. The summed E-state index contributed by atoms with van der Waals surface area (Å²) in [4.78, 5) is 20.1. The third-order valence-electron chi connectivity index (χ3n) is 2.69. The van der Waals surface area contributed by atoms with Crippen molar-refractivity contribution in [1.29, 1.82) is 0 Å². The quantitative estimate of drug-likeness (QED) is 0.475. The first-order valence-electron chi connectivity index (χ1n) is 6.51. The minimum absolute atomic E-state index is 0.259. The van der Waals surface area contributed by atoms with Crippen LogP contribution in [0.3, 0.4) is 0 Å². The molecule has 1 heterocycles. The van der Waals surface area contributed by atoms with Gasteiger partial charge in [0.2, 0.25) is 0 Å². The summed E-state index contributed by atoms with van der Waals surface area (Å²) >= 11 is 7.24. The molecular formula is C15H15ClN2O2S. The molecule has 0 saturated carbocycles. The molecule has 21 heavy (non-hydrogen) atoms. The van der Waals surface area contributed by atoms with Gasteiger partial charge in [0.15, 0.2) is 5.16 Å². The number of carbonyl (C=O) groups excluding carboxylic acids is 1. The van der Waals surface area contributed by atoms with E-state index in [4.69, 9.17) is 16.3 Å². The number of esters is 1. The number of thioether (sulfide) groups is 1. The fourth-order valence-corrected chi connectivity index (χ4v) is 2.56. The van der Waals surface area contributed by atoms with Crippen molar-refractivity contribution in [2.24, 2.45) is 0 Å². The second-order valence-corrected chi connectivity index (χ2v) is 6.02. The molecule has 1 atom stereocenters. The molecule has 6 heteroatoms. The Morgan fingerprint density at radius 3 is 2.67 bits per heavy atom. The fraction of sp³-hybridized carbons (Fsp3) is 0.267. The third-order valence-corrected chi connectivity index (χ3v) is 3.89. The van der Waals surface area contributed by atoms with Crippen molar-refractivity contribution < 1.29 is 9.53 Å². The highest BCUT2D eigenvalue weighted by molar-refractivity contribution is 8.00. The SMILES string of the molecule is CCOC(=O)[C@H](C)Sc1ncc(-c2cccc(Cl)c2)cn1. The summed E-state index contributed by atoms with van der Waals surface area (Å²) in [6.45, 7) is 3.93. The minimum Gasteiger partial charge on any atom is -0.465 e. The van der Waals surface area contributed by atoms with E-state index in [1.165, 1.54) is 11.8 Å². The molecule has 0 unspecified atom stereocenters. The van der Waals surface area contributed by atoms with Crippen molar-refractivity contribution in [2.75, 3.05) is 6.61 Å². The van der Waals surface area contributed by atoms with E-state index in [0.29, 0.717) is 16.8 Å². The number of carbonyl (C=O) groups is 1. The predicted molar refractivity (Wildman–Crippen MR) is 84.4 cm³/mol. The van der Waals surface area contributed by atoms with Gasteiger partial charge in [0.1, 0.15) is 5.25 Å². The topological polar surface area (TPSA) is 52.1 Å². The first-order valence-corrected chi connectivity index (χ1v) is 7.77. The molecule has 4 nitrogen and oxygen atoms in total. The number of ether oxygens (including phenoxy) is 1. The molecule has 2 aromatic rings. The van der Waals surface area contributed by atoms with Gasteiger partial charge in [-0.25, -0.2) is 9.97 Å². The van der Waals surface area contributed by atoms with Crippen molar-refractivity contribution in [3.63, 3.8) is 0 Å². The summed E-state index contributed by atoms with van der Waals surface area (Å²) in [5.74, 6) is -0.259. The van der Waals surface area contributed by atoms with E-state index < -0.39 is 0 Å². The molecule has 1 aromatic carbocycles. The monoisotopic (exact) mass is 322 g/mol. The minimum atomic E-state index is -0.332. The second kappa shape index (κ2) is 7.43. The van der Waals surface area contributed by atoms with E-state index in [0.717, 1.165) is 11.1 Å². The summed E-state index contributed by atoms with van der Waals surface area (Å²) in [6.07, 6.45) is 3.44. The molecule has 0 aliphatic heterocycles. The fourth-order valence-electron chi connectivity index (χ4n) is 1.66. The highest BCUT2D eigenvalue weighted by Gasteiger charge is 2.16. The summed E-state index contributed by atoms with van der Waals surface area (Å²) in [5, 5.41) is 0.880. The van der Waals surface area contributed by atoms with Crippen molar-refractivity contribution >= 4 is 29.3 Å². The van der Waals surface area contributed by atoms with Crippen LogP contribution in [0, 0.1) is 0 Å². The van der Waals surface area contributed by atoms with Crippen molar-refractivity contribution in [1.82, 2.24) is 9.97 Å². The molecular weight excluding hydrogens is 308 g/mol. The molecule has 0 fully saturated rings. The van der Waals surface area contributed by atoms with Gasteiger partial charge in [-0.2, -0.15) is 0 Å². The number of nitrogens with zero attached hydrogens (tertiary/aromatic N) is 2. The zero-order chi connectivity index (χ0) is 15.2. The van der Waals surface area contributed by atoms with Gasteiger partial charge in [0, 0.05) is 23.0 Å². The van der Waals surface area contributed by atoms with Crippen LogP contribution >= 0.6 is 23.4 Å². The van der Waals surface area contributed by atoms with Gasteiger partial charge >= 0.3 is 5.97 Å². The highest BCUT2D eigenvalue weighted by Crippen LogP contribution is 2.24. The van der Waals surface area contributed by atoms with Crippen LogP contribution in [0.5, 0.6) is 0 Å². The molecule has 0 N–H and O–H groups in total. The Balaban J connectivity index is 2.07. The summed E-state index contributed by atoms with van der Waals surface area (Å²) in [7, 11) is 0. The first-order chi connectivity index (χ1) is 10.1. The number of benzene rings is 1. The largest absolute Gasteiger partial charge is 0.465 e. The van der Waals surface area contributed by atoms with E-state index in [2.05, 4.69) is 9.97 Å². The summed E-state index contributed by atoms with van der Waals surface area (Å²) < 4.78 is 4.95. The van der Waals surface area contributed by atoms with E-state index >= 15 is 0 Å². The lowest BCUT2D eigenvalue weighted by Crippen LogP contribution is -2.17. The number of halogens is 1. The van der Waals surface area contributed by atoms with E-state index in [1.54, 1.807) is 26.2 Å². The van der Waals surface area contributed by atoms with Crippen molar-refractivity contribution in [3.8, 4) is 11.1 Å². The lowest BCUT2D eigenvalue weighted by Gasteiger charge is -2.09. The van der Waals surface area contributed by atoms with Gasteiger partial charge in [-0.05, 0) is 31.5 Å². The van der Waals surface area contributed by atoms with Gasteiger partial charge in [-0.1, -0.05) is 35.5 Å². The molecule has 0 bridgehead atoms. The summed E-state index contributed by atoms with van der Waals surface area (Å²) in [6, 6.07) is 7.49.